The average molecular weight is 226 g/mol. The molecule has 1 rings (SSSR count). The first-order chi connectivity index (χ1) is 7.24. The first kappa shape index (κ1) is 12.4. The summed E-state index contributed by atoms with van der Waals surface area (Å²) in [7, 11) is 0. The molecule has 0 aromatic rings. The molecule has 0 saturated heterocycles. The third-order valence-electron chi connectivity index (χ3n) is 3.19. The smallest absolute Gasteiger partial charge is 0.317 e. The van der Waals surface area contributed by atoms with E-state index < -0.39 is 28.6 Å². The number of Topliss-reactive ketones (excluding diaryl/α,β-unsaturated/α-hetero) is 1. The molecule has 1 aliphatic rings. The summed E-state index contributed by atoms with van der Waals surface area (Å²) < 4.78 is 0. The van der Waals surface area contributed by atoms with Crippen LogP contribution in [0.25, 0.3) is 0 Å². The second-order valence-electron chi connectivity index (χ2n) is 4.45. The van der Waals surface area contributed by atoms with E-state index in [-0.39, 0.29) is 12.8 Å². The van der Waals surface area contributed by atoms with Crippen molar-refractivity contribution >= 4 is 17.7 Å². The molecule has 0 amide bonds. The third kappa shape index (κ3) is 1.73. The zero-order valence-corrected chi connectivity index (χ0v) is 9.19. The Morgan fingerprint density at radius 3 is 2.12 bits per heavy atom. The van der Waals surface area contributed by atoms with Gasteiger partial charge in [0.2, 0.25) is 0 Å². The summed E-state index contributed by atoms with van der Waals surface area (Å²) in [6, 6.07) is 0. The van der Waals surface area contributed by atoms with Crippen LogP contribution >= 0.6 is 0 Å². The van der Waals surface area contributed by atoms with Crippen LogP contribution in [0.5, 0.6) is 0 Å². The van der Waals surface area contributed by atoms with Gasteiger partial charge in [-0.1, -0.05) is 12.2 Å². The van der Waals surface area contributed by atoms with Gasteiger partial charge in [-0.3, -0.25) is 14.4 Å². The molecule has 0 radical (unpaired) electrons. The van der Waals surface area contributed by atoms with E-state index in [2.05, 4.69) is 0 Å². The van der Waals surface area contributed by atoms with E-state index >= 15 is 0 Å². The third-order valence-corrected chi connectivity index (χ3v) is 3.19. The fourth-order valence-corrected chi connectivity index (χ4v) is 2.01. The Morgan fingerprint density at radius 2 is 1.75 bits per heavy atom. The van der Waals surface area contributed by atoms with Crippen LogP contribution in [-0.4, -0.2) is 27.9 Å². The van der Waals surface area contributed by atoms with E-state index in [0.717, 1.165) is 0 Å². The molecule has 5 heteroatoms. The van der Waals surface area contributed by atoms with Gasteiger partial charge in [-0.15, -0.1) is 0 Å². The Bertz CT molecular complexity index is 368. The standard InChI is InChI=1S/C11H14O5/c1-7(12)11(9(15)16)5-3-4-10(2,6-11)8(13)14/h3-4H,5-6H2,1-2H3,(H,13,14)(H,15,16). The maximum Gasteiger partial charge on any atom is 0.317 e. The van der Waals surface area contributed by atoms with Crippen molar-refractivity contribution in [2.75, 3.05) is 0 Å². The fourth-order valence-electron chi connectivity index (χ4n) is 2.01. The molecule has 0 saturated carbocycles. The summed E-state index contributed by atoms with van der Waals surface area (Å²) in [5.74, 6) is -2.87. The van der Waals surface area contributed by atoms with Crippen LogP contribution in [0.4, 0.5) is 0 Å². The molecule has 2 N–H and O–H groups in total. The van der Waals surface area contributed by atoms with Crippen LogP contribution in [0.15, 0.2) is 12.2 Å². The van der Waals surface area contributed by atoms with Gasteiger partial charge in [-0.2, -0.15) is 0 Å². The van der Waals surface area contributed by atoms with Crippen LogP contribution in [0, 0.1) is 10.8 Å². The summed E-state index contributed by atoms with van der Waals surface area (Å²) in [5, 5.41) is 18.2. The van der Waals surface area contributed by atoms with Crippen molar-refractivity contribution < 1.29 is 24.6 Å². The number of aliphatic carboxylic acids is 2. The average Bonchev–Trinajstić information content (AvgIpc) is 2.16. The molecule has 0 aliphatic heterocycles. The zero-order chi connectivity index (χ0) is 12.6. The van der Waals surface area contributed by atoms with Gasteiger partial charge < -0.3 is 10.2 Å². The van der Waals surface area contributed by atoms with Gasteiger partial charge in [0.1, 0.15) is 11.2 Å². The Labute approximate surface area is 92.8 Å². The van der Waals surface area contributed by atoms with Crippen molar-refractivity contribution in [1.29, 1.82) is 0 Å². The molecule has 2 atom stereocenters. The largest absolute Gasteiger partial charge is 0.481 e. The number of carboxylic acid groups (broad SMARTS) is 2. The van der Waals surface area contributed by atoms with E-state index in [1.54, 1.807) is 0 Å². The molecule has 0 spiro atoms. The predicted molar refractivity (Wildman–Crippen MR) is 54.9 cm³/mol. The normalized spacial score (nSPS) is 33.4. The molecule has 0 heterocycles. The Hall–Kier alpha value is -1.65. The van der Waals surface area contributed by atoms with Crippen LogP contribution in [0.2, 0.25) is 0 Å². The fraction of sp³-hybridized carbons (Fsp3) is 0.545. The highest BCUT2D eigenvalue weighted by atomic mass is 16.4. The lowest BCUT2D eigenvalue weighted by molar-refractivity contribution is -0.159. The number of rotatable bonds is 3. The van der Waals surface area contributed by atoms with E-state index in [1.807, 2.05) is 0 Å². The molecular formula is C11H14O5. The number of allylic oxidation sites excluding steroid dienone is 1. The minimum atomic E-state index is -1.60. The van der Waals surface area contributed by atoms with Gasteiger partial charge in [0.25, 0.3) is 0 Å². The van der Waals surface area contributed by atoms with Gasteiger partial charge in [-0.25, -0.2) is 0 Å². The maximum atomic E-state index is 11.5. The van der Waals surface area contributed by atoms with Crippen LogP contribution in [0.1, 0.15) is 26.7 Å². The lowest BCUT2D eigenvalue weighted by Gasteiger charge is -2.36. The number of carbonyl (C=O) groups excluding carboxylic acids is 1. The minimum Gasteiger partial charge on any atom is -0.481 e. The molecule has 16 heavy (non-hydrogen) atoms. The van der Waals surface area contributed by atoms with Gasteiger partial charge in [0.15, 0.2) is 0 Å². The van der Waals surface area contributed by atoms with E-state index in [9.17, 15) is 14.4 Å². The number of carbonyl (C=O) groups is 3. The number of carboxylic acids is 2. The van der Waals surface area contributed by atoms with Gasteiger partial charge in [-0.05, 0) is 26.7 Å². The number of hydrogen-bond donors (Lipinski definition) is 2. The molecule has 0 fully saturated rings. The van der Waals surface area contributed by atoms with Crippen molar-refractivity contribution in [3.05, 3.63) is 12.2 Å². The summed E-state index contributed by atoms with van der Waals surface area (Å²) in [4.78, 5) is 33.7. The quantitative estimate of drug-likeness (QED) is 0.555. The van der Waals surface area contributed by atoms with Crippen molar-refractivity contribution in [2.24, 2.45) is 10.8 Å². The summed E-state index contributed by atoms with van der Waals surface area (Å²) in [5.41, 5.74) is -2.88. The number of ketones is 1. The van der Waals surface area contributed by atoms with Crippen molar-refractivity contribution in [2.45, 2.75) is 26.7 Å². The van der Waals surface area contributed by atoms with Crippen LogP contribution < -0.4 is 0 Å². The van der Waals surface area contributed by atoms with Crippen molar-refractivity contribution in [3.63, 3.8) is 0 Å². The topological polar surface area (TPSA) is 91.7 Å². The van der Waals surface area contributed by atoms with Gasteiger partial charge in [0, 0.05) is 0 Å². The molecule has 1 aliphatic carbocycles. The monoisotopic (exact) mass is 226 g/mol. The van der Waals surface area contributed by atoms with Crippen molar-refractivity contribution in [1.82, 2.24) is 0 Å². The summed E-state index contributed by atoms with van der Waals surface area (Å²) in [6.07, 6.45) is 2.78. The van der Waals surface area contributed by atoms with Crippen LogP contribution in [0.3, 0.4) is 0 Å². The minimum absolute atomic E-state index is 0.0561. The van der Waals surface area contributed by atoms with Crippen molar-refractivity contribution in [3.8, 4) is 0 Å². The molecule has 5 nitrogen and oxygen atoms in total. The molecule has 88 valence electrons. The highest BCUT2D eigenvalue weighted by Crippen LogP contribution is 2.43. The lowest BCUT2D eigenvalue weighted by atomic mass is 9.64. The Kier molecular flexibility index (Phi) is 2.90. The maximum absolute atomic E-state index is 11.5. The van der Waals surface area contributed by atoms with E-state index in [0.29, 0.717) is 0 Å². The van der Waals surface area contributed by atoms with E-state index in [4.69, 9.17) is 10.2 Å². The highest BCUT2D eigenvalue weighted by molar-refractivity contribution is 6.03. The second-order valence-corrected chi connectivity index (χ2v) is 4.45. The van der Waals surface area contributed by atoms with E-state index in [1.165, 1.54) is 26.0 Å². The molecule has 0 aromatic carbocycles. The molecule has 0 aromatic heterocycles. The van der Waals surface area contributed by atoms with Crippen LogP contribution in [-0.2, 0) is 14.4 Å². The Morgan fingerprint density at radius 1 is 1.19 bits per heavy atom. The second kappa shape index (κ2) is 3.73. The summed E-state index contributed by atoms with van der Waals surface area (Å²) >= 11 is 0. The first-order valence-electron chi connectivity index (χ1n) is 4.90. The summed E-state index contributed by atoms with van der Waals surface area (Å²) in [6.45, 7) is 2.61. The molecule has 2 unspecified atom stereocenters. The molecule has 0 bridgehead atoms. The Balaban J connectivity index is 3.20. The number of hydrogen-bond acceptors (Lipinski definition) is 3. The highest BCUT2D eigenvalue weighted by Gasteiger charge is 2.51. The SMILES string of the molecule is CC(=O)C1(C(=O)O)CC=CC(C)(C(=O)O)C1. The molecular weight excluding hydrogens is 212 g/mol. The van der Waals surface area contributed by atoms with Gasteiger partial charge >= 0.3 is 11.9 Å². The lowest BCUT2D eigenvalue weighted by Crippen LogP contribution is -2.46. The van der Waals surface area contributed by atoms with Gasteiger partial charge in [0.05, 0.1) is 5.41 Å². The zero-order valence-electron chi connectivity index (χ0n) is 9.19. The predicted octanol–water partition coefficient (Wildman–Crippen LogP) is 1.09. The first-order valence-corrected chi connectivity index (χ1v) is 4.90.